The molecule has 0 unspecified atom stereocenters. The number of nitrogens with one attached hydrogen (secondary N) is 1. The van der Waals surface area contributed by atoms with Gasteiger partial charge in [-0.2, -0.15) is 5.10 Å². The van der Waals surface area contributed by atoms with Crippen LogP contribution >= 0.6 is 0 Å². The average molecular weight is 254 g/mol. The van der Waals surface area contributed by atoms with Crippen molar-refractivity contribution in [3.63, 3.8) is 0 Å². The van der Waals surface area contributed by atoms with Crippen LogP contribution in [0.25, 0.3) is 11.0 Å². The molecule has 19 heavy (non-hydrogen) atoms. The molecule has 0 aliphatic rings. The number of hydrogen-bond donors (Lipinski definition) is 1. The van der Waals surface area contributed by atoms with Gasteiger partial charge in [-0.3, -0.25) is 4.68 Å². The monoisotopic (exact) mass is 254 g/mol. The van der Waals surface area contributed by atoms with Crippen molar-refractivity contribution >= 4 is 17.0 Å². The third kappa shape index (κ3) is 2.67. The molecule has 3 rings (SSSR count). The van der Waals surface area contributed by atoms with E-state index < -0.39 is 0 Å². The first kappa shape index (κ1) is 11.6. The van der Waals surface area contributed by atoms with Crippen LogP contribution < -0.4 is 5.32 Å². The lowest BCUT2D eigenvalue weighted by Crippen LogP contribution is -2.13. The summed E-state index contributed by atoms with van der Waals surface area (Å²) in [7, 11) is 0. The Kier molecular flexibility index (Phi) is 3.06. The zero-order valence-corrected chi connectivity index (χ0v) is 10.6. The Morgan fingerprint density at radius 1 is 1.16 bits per heavy atom. The quantitative estimate of drug-likeness (QED) is 0.766. The van der Waals surface area contributed by atoms with Gasteiger partial charge >= 0.3 is 0 Å². The molecule has 1 aromatic carbocycles. The SMILES string of the molecule is Cc1cnn(CCNc2nnc3ccccc3n2)c1. The summed E-state index contributed by atoms with van der Waals surface area (Å²) < 4.78 is 1.89. The van der Waals surface area contributed by atoms with Gasteiger partial charge in [0.05, 0.1) is 18.3 Å². The van der Waals surface area contributed by atoms with Crippen molar-refractivity contribution in [3.8, 4) is 0 Å². The fourth-order valence-corrected chi connectivity index (χ4v) is 1.83. The van der Waals surface area contributed by atoms with Crippen molar-refractivity contribution < 1.29 is 0 Å². The number of aromatic nitrogens is 5. The Hall–Kier alpha value is -2.50. The molecule has 0 aliphatic heterocycles. The lowest BCUT2D eigenvalue weighted by atomic mass is 10.3. The molecule has 0 aliphatic carbocycles. The van der Waals surface area contributed by atoms with Gasteiger partial charge in [0, 0.05) is 12.7 Å². The molecule has 2 heterocycles. The van der Waals surface area contributed by atoms with Crippen molar-refractivity contribution in [2.45, 2.75) is 13.5 Å². The molecule has 96 valence electrons. The molecule has 0 saturated carbocycles. The first-order valence-corrected chi connectivity index (χ1v) is 6.14. The highest BCUT2D eigenvalue weighted by atomic mass is 15.3. The summed E-state index contributed by atoms with van der Waals surface area (Å²) in [6.07, 6.45) is 3.84. The minimum absolute atomic E-state index is 0.544. The van der Waals surface area contributed by atoms with Crippen molar-refractivity contribution in [1.82, 2.24) is 25.0 Å². The van der Waals surface area contributed by atoms with Crippen LogP contribution in [0.3, 0.4) is 0 Å². The molecule has 0 bridgehead atoms. The number of hydrogen-bond acceptors (Lipinski definition) is 5. The molecule has 0 fully saturated rings. The van der Waals surface area contributed by atoms with E-state index in [1.54, 1.807) is 0 Å². The van der Waals surface area contributed by atoms with Crippen LogP contribution in [0.15, 0.2) is 36.7 Å². The molecule has 0 amide bonds. The Morgan fingerprint density at radius 3 is 2.79 bits per heavy atom. The van der Waals surface area contributed by atoms with Gasteiger partial charge in [0.1, 0.15) is 5.52 Å². The number of anilines is 1. The van der Waals surface area contributed by atoms with E-state index in [1.165, 1.54) is 0 Å². The van der Waals surface area contributed by atoms with Gasteiger partial charge in [-0.05, 0) is 24.6 Å². The Bertz CT molecular complexity index is 690. The summed E-state index contributed by atoms with van der Waals surface area (Å²) in [4.78, 5) is 4.40. The van der Waals surface area contributed by atoms with Crippen molar-refractivity contribution in [1.29, 1.82) is 0 Å². The number of para-hydroxylation sites is 1. The molecule has 6 heteroatoms. The van der Waals surface area contributed by atoms with Crippen LogP contribution in [-0.4, -0.2) is 31.5 Å². The summed E-state index contributed by atoms with van der Waals surface area (Å²) in [6, 6.07) is 7.68. The highest BCUT2D eigenvalue weighted by Crippen LogP contribution is 2.08. The van der Waals surface area contributed by atoms with E-state index in [1.807, 2.05) is 48.3 Å². The van der Waals surface area contributed by atoms with Gasteiger partial charge in [-0.15, -0.1) is 10.2 Å². The zero-order valence-electron chi connectivity index (χ0n) is 10.6. The second kappa shape index (κ2) is 5.01. The van der Waals surface area contributed by atoms with Crippen LogP contribution in [-0.2, 0) is 6.54 Å². The normalized spacial score (nSPS) is 10.8. The second-order valence-corrected chi connectivity index (χ2v) is 4.33. The molecule has 0 radical (unpaired) electrons. The van der Waals surface area contributed by atoms with Crippen molar-refractivity contribution in [3.05, 3.63) is 42.2 Å². The van der Waals surface area contributed by atoms with E-state index in [4.69, 9.17) is 0 Å². The van der Waals surface area contributed by atoms with Gasteiger partial charge in [0.25, 0.3) is 0 Å². The summed E-state index contributed by atoms with van der Waals surface area (Å²) >= 11 is 0. The van der Waals surface area contributed by atoms with Gasteiger partial charge in [0.15, 0.2) is 0 Å². The van der Waals surface area contributed by atoms with Crippen LogP contribution in [0.4, 0.5) is 5.95 Å². The van der Waals surface area contributed by atoms with Gasteiger partial charge in [0.2, 0.25) is 5.95 Å². The summed E-state index contributed by atoms with van der Waals surface area (Å²) in [5, 5.41) is 15.5. The average Bonchev–Trinajstić information content (AvgIpc) is 2.84. The molecule has 0 saturated heterocycles. The van der Waals surface area contributed by atoms with E-state index >= 15 is 0 Å². The molecule has 0 spiro atoms. The summed E-state index contributed by atoms with van der Waals surface area (Å²) in [6.45, 7) is 3.50. The second-order valence-electron chi connectivity index (χ2n) is 4.33. The largest absolute Gasteiger partial charge is 0.351 e. The number of nitrogens with zero attached hydrogens (tertiary/aromatic N) is 5. The summed E-state index contributed by atoms with van der Waals surface area (Å²) in [5.74, 6) is 0.544. The van der Waals surface area contributed by atoms with Crippen LogP contribution in [0.1, 0.15) is 5.56 Å². The van der Waals surface area contributed by atoms with Gasteiger partial charge in [-0.1, -0.05) is 12.1 Å². The summed E-state index contributed by atoms with van der Waals surface area (Å²) in [5.41, 5.74) is 2.80. The van der Waals surface area contributed by atoms with Gasteiger partial charge < -0.3 is 5.32 Å². The van der Waals surface area contributed by atoms with E-state index in [-0.39, 0.29) is 0 Å². The molecule has 6 nitrogen and oxygen atoms in total. The zero-order chi connectivity index (χ0) is 13.1. The Balaban J connectivity index is 1.65. The number of benzene rings is 1. The first-order chi connectivity index (χ1) is 9.31. The van der Waals surface area contributed by atoms with E-state index in [0.717, 1.165) is 23.1 Å². The van der Waals surface area contributed by atoms with E-state index in [2.05, 4.69) is 25.6 Å². The van der Waals surface area contributed by atoms with E-state index in [9.17, 15) is 0 Å². The van der Waals surface area contributed by atoms with Crippen molar-refractivity contribution in [2.75, 3.05) is 11.9 Å². The topological polar surface area (TPSA) is 68.5 Å². The number of aryl methyl sites for hydroxylation is 1. The van der Waals surface area contributed by atoms with Crippen molar-refractivity contribution in [2.24, 2.45) is 0 Å². The lowest BCUT2D eigenvalue weighted by molar-refractivity contribution is 0.635. The lowest BCUT2D eigenvalue weighted by Gasteiger charge is -2.04. The fourth-order valence-electron chi connectivity index (χ4n) is 1.83. The molecule has 3 aromatic rings. The van der Waals surface area contributed by atoms with E-state index in [0.29, 0.717) is 12.5 Å². The fraction of sp³-hybridized carbons (Fsp3) is 0.231. The van der Waals surface area contributed by atoms with Crippen LogP contribution in [0.2, 0.25) is 0 Å². The highest BCUT2D eigenvalue weighted by molar-refractivity contribution is 5.73. The standard InChI is InChI=1S/C13H14N6/c1-10-8-15-19(9-10)7-6-14-13-16-11-4-2-3-5-12(11)17-18-13/h2-5,8-9H,6-7H2,1H3,(H,14,16,18). The number of fused-ring (bicyclic) bond motifs is 1. The van der Waals surface area contributed by atoms with Gasteiger partial charge in [-0.25, -0.2) is 4.98 Å². The minimum Gasteiger partial charge on any atom is -0.351 e. The molecular weight excluding hydrogens is 240 g/mol. The number of rotatable bonds is 4. The van der Waals surface area contributed by atoms with Crippen LogP contribution in [0, 0.1) is 6.92 Å². The molecule has 2 aromatic heterocycles. The highest BCUT2D eigenvalue weighted by Gasteiger charge is 2.00. The Morgan fingerprint density at radius 2 is 2.00 bits per heavy atom. The Labute approximate surface area is 110 Å². The maximum absolute atomic E-state index is 4.40. The molecular formula is C13H14N6. The predicted molar refractivity (Wildman–Crippen MR) is 72.8 cm³/mol. The van der Waals surface area contributed by atoms with Crippen LogP contribution in [0.5, 0.6) is 0 Å². The maximum atomic E-state index is 4.40. The minimum atomic E-state index is 0.544. The molecule has 1 N–H and O–H groups in total. The first-order valence-electron chi connectivity index (χ1n) is 6.14. The smallest absolute Gasteiger partial charge is 0.243 e. The molecule has 0 atom stereocenters. The third-order valence-electron chi connectivity index (χ3n) is 2.75. The third-order valence-corrected chi connectivity index (χ3v) is 2.75. The predicted octanol–water partition coefficient (Wildman–Crippen LogP) is 1.64. The maximum Gasteiger partial charge on any atom is 0.243 e.